The molecule has 1 fully saturated rings. The molecule has 1 aliphatic heterocycles. The van der Waals surface area contributed by atoms with E-state index in [1.165, 1.54) is 12.4 Å². The second-order valence-electron chi connectivity index (χ2n) is 3.80. The van der Waals surface area contributed by atoms with Crippen LogP contribution < -0.4 is 5.32 Å². The maximum atomic E-state index is 11.2. The van der Waals surface area contributed by atoms with Gasteiger partial charge in [0.25, 0.3) is 0 Å². The highest BCUT2D eigenvalue weighted by atomic mass is 35.5. The molecule has 0 radical (unpaired) electrons. The molecule has 0 bridgehead atoms. The first-order chi connectivity index (χ1) is 7.55. The summed E-state index contributed by atoms with van der Waals surface area (Å²) in [5.74, 6) is 0.963. The molecule has 7 heteroatoms. The number of nitrogens with zero attached hydrogens (tertiary/aromatic N) is 2. The first-order valence-electron chi connectivity index (χ1n) is 5.00. The molecule has 1 N–H and O–H groups in total. The number of rotatable bonds is 2. The van der Waals surface area contributed by atoms with Crippen LogP contribution in [0.4, 0.5) is 5.95 Å². The molecule has 16 heavy (non-hydrogen) atoms. The Balaban J connectivity index is 1.94. The van der Waals surface area contributed by atoms with E-state index < -0.39 is 9.84 Å². The lowest BCUT2D eigenvalue weighted by molar-refractivity contribution is 0.558. The van der Waals surface area contributed by atoms with E-state index in [0.717, 1.165) is 0 Å². The van der Waals surface area contributed by atoms with Crippen LogP contribution in [-0.4, -0.2) is 35.9 Å². The molecule has 5 nitrogen and oxygen atoms in total. The lowest BCUT2D eigenvalue weighted by Crippen LogP contribution is -2.32. The standard InChI is InChI=1S/C9H12ClN3O2S/c10-7-5-11-9(12-6-7)13-8-1-3-16(14,15)4-2-8/h5-6,8H,1-4H2,(H,11,12,13). The van der Waals surface area contributed by atoms with E-state index in [4.69, 9.17) is 11.6 Å². The number of hydrogen-bond acceptors (Lipinski definition) is 5. The molecule has 1 aromatic rings. The van der Waals surface area contributed by atoms with Crippen molar-refractivity contribution in [2.45, 2.75) is 18.9 Å². The van der Waals surface area contributed by atoms with Crippen LogP contribution in [0.15, 0.2) is 12.4 Å². The van der Waals surface area contributed by atoms with Crippen LogP contribution in [-0.2, 0) is 9.84 Å². The van der Waals surface area contributed by atoms with Gasteiger partial charge >= 0.3 is 0 Å². The largest absolute Gasteiger partial charge is 0.351 e. The third kappa shape index (κ3) is 3.05. The predicted octanol–water partition coefficient (Wildman–Crippen LogP) is 1.12. The minimum absolute atomic E-state index is 0.129. The van der Waals surface area contributed by atoms with Gasteiger partial charge < -0.3 is 5.32 Å². The maximum absolute atomic E-state index is 11.2. The van der Waals surface area contributed by atoms with Crippen molar-refractivity contribution in [3.63, 3.8) is 0 Å². The average molecular weight is 262 g/mol. The molecule has 0 spiro atoms. The van der Waals surface area contributed by atoms with Crippen molar-refractivity contribution in [2.24, 2.45) is 0 Å². The van der Waals surface area contributed by atoms with E-state index in [1.54, 1.807) is 0 Å². The smallest absolute Gasteiger partial charge is 0.222 e. The summed E-state index contributed by atoms with van der Waals surface area (Å²) in [5, 5.41) is 3.58. The number of nitrogens with one attached hydrogen (secondary N) is 1. The highest BCUT2D eigenvalue weighted by molar-refractivity contribution is 7.91. The van der Waals surface area contributed by atoms with Crippen molar-refractivity contribution in [3.8, 4) is 0 Å². The Morgan fingerprint density at radius 2 is 1.81 bits per heavy atom. The Hall–Kier alpha value is -0.880. The summed E-state index contributed by atoms with van der Waals surface area (Å²) in [7, 11) is -2.82. The summed E-state index contributed by atoms with van der Waals surface area (Å²) < 4.78 is 22.4. The minimum Gasteiger partial charge on any atom is -0.351 e. The van der Waals surface area contributed by atoms with Crippen LogP contribution in [0.25, 0.3) is 0 Å². The van der Waals surface area contributed by atoms with Crippen molar-refractivity contribution in [1.82, 2.24) is 9.97 Å². The van der Waals surface area contributed by atoms with Crippen molar-refractivity contribution in [1.29, 1.82) is 0 Å². The van der Waals surface area contributed by atoms with E-state index >= 15 is 0 Å². The molecule has 0 aromatic carbocycles. The predicted molar refractivity (Wildman–Crippen MR) is 62.3 cm³/mol. The first kappa shape index (κ1) is 11.6. The summed E-state index contributed by atoms with van der Waals surface area (Å²) in [5.41, 5.74) is 0. The molecule has 0 aliphatic carbocycles. The average Bonchev–Trinajstić information content (AvgIpc) is 2.24. The fraction of sp³-hybridized carbons (Fsp3) is 0.556. The number of sulfone groups is 1. The molecule has 2 heterocycles. The molecular weight excluding hydrogens is 250 g/mol. The van der Waals surface area contributed by atoms with Gasteiger partial charge in [0.05, 0.1) is 28.9 Å². The summed E-state index contributed by atoms with van der Waals surface area (Å²) in [6.07, 6.45) is 4.23. The fourth-order valence-electron chi connectivity index (χ4n) is 1.60. The van der Waals surface area contributed by atoms with Crippen LogP contribution in [0.2, 0.25) is 5.02 Å². The zero-order chi connectivity index (χ0) is 11.6. The number of aromatic nitrogens is 2. The normalized spacial score (nSPS) is 20.6. The monoisotopic (exact) mass is 261 g/mol. The fourth-order valence-corrected chi connectivity index (χ4v) is 3.19. The minimum atomic E-state index is -2.82. The maximum Gasteiger partial charge on any atom is 0.222 e. The second kappa shape index (κ2) is 4.55. The summed E-state index contributed by atoms with van der Waals surface area (Å²) in [4.78, 5) is 8.01. The molecule has 88 valence electrons. The van der Waals surface area contributed by atoms with Gasteiger partial charge in [0.1, 0.15) is 9.84 Å². The van der Waals surface area contributed by atoms with Gasteiger partial charge in [0.15, 0.2) is 0 Å². The van der Waals surface area contributed by atoms with Crippen LogP contribution >= 0.6 is 11.6 Å². The van der Waals surface area contributed by atoms with Crippen LogP contribution in [0.3, 0.4) is 0 Å². The molecule has 1 aliphatic rings. The summed E-state index contributed by atoms with van der Waals surface area (Å²) in [6, 6.07) is 0.129. The molecule has 1 aromatic heterocycles. The quantitative estimate of drug-likeness (QED) is 0.864. The van der Waals surface area contributed by atoms with Crippen molar-refractivity contribution in [3.05, 3.63) is 17.4 Å². The Labute approximate surface area is 99.2 Å². The van der Waals surface area contributed by atoms with Gasteiger partial charge in [0, 0.05) is 6.04 Å². The van der Waals surface area contributed by atoms with E-state index in [0.29, 0.717) is 23.8 Å². The van der Waals surface area contributed by atoms with Gasteiger partial charge in [-0.05, 0) is 12.8 Å². The van der Waals surface area contributed by atoms with Crippen LogP contribution in [0.1, 0.15) is 12.8 Å². The van der Waals surface area contributed by atoms with Crippen LogP contribution in [0, 0.1) is 0 Å². The van der Waals surface area contributed by atoms with Crippen molar-refractivity contribution >= 4 is 27.4 Å². The highest BCUT2D eigenvalue weighted by Gasteiger charge is 2.23. The van der Waals surface area contributed by atoms with Crippen LogP contribution in [0.5, 0.6) is 0 Å². The van der Waals surface area contributed by atoms with Crippen molar-refractivity contribution < 1.29 is 8.42 Å². The number of hydrogen-bond donors (Lipinski definition) is 1. The van der Waals surface area contributed by atoms with E-state index in [1.807, 2.05) is 0 Å². The molecular formula is C9H12ClN3O2S. The van der Waals surface area contributed by atoms with Gasteiger partial charge in [0.2, 0.25) is 5.95 Å². The van der Waals surface area contributed by atoms with E-state index in [9.17, 15) is 8.42 Å². The molecule has 2 rings (SSSR count). The van der Waals surface area contributed by atoms with Gasteiger partial charge in [-0.3, -0.25) is 0 Å². The Kier molecular flexibility index (Phi) is 3.30. The number of halogens is 1. The summed E-state index contributed by atoms with van der Waals surface area (Å²) >= 11 is 5.66. The Morgan fingerprint density at radius 3 is 2.38 bits per heavy atom. The Morgan fingerprint density at radius 1 is 1.25 bits per heavy atom. The topological polar surface area (TPSA) is 72.0 Å². The SMILES string of the molecule is O=S1(=O)CCC(Nc2ncc(Cl)cn2)CC1. The zero-order valence-corrected chi connectivity index (χ0v) is 10.1. The van der Waals surface area contributed by atoms with Gasteiger partial charge in [-0.25, -0.2) is 18.4 Å². The summed E-state index contributed by atoms with van der Waals surface area (Å²) in [6.45, 7) is 0. The van der Waals surface area contributed by atoms with Gasteiger partial charge in [-0.2, -0.15) is 0 Å². The first-order valence-corrected chi connectivity index (χ1v) is 7.20. The lowest BCUT2D eigenvalue weighted by atomic mass is 10.2. The molecule has 1 saturated heterocycles. The lowest BCUT2D eigenvalue weighted by Gasteiger charge is -2.22. The van der Waals surface area contributed by atoms with E-state index in [2.05, 4.69) is 15.3 Å². The molecule has 0 atom stereocenters. The second-order valence-corrected chi connectivity index (χ2v) is 6.54. The van der Waals surface area contributed by atoms with Crippen molar-refractivity contribution in [2.75, 3.05) is 16.8 Å². The van der Waals surface area contributed by atoms with Gasteiger partial charge in [-0.1, -0.05) is 11.6 Å². The molecule has 0 saturated carbocycles. The molecule has 0 amide bonds. The number of anilines is 1. The van der Waals surface area contributed by atoms with Gasteiger partial charge in [-0.15, -0.1) is 0 Å². The van der Waals surface area contributed by atoms with E-state index in [-0.39, 0.29) is 17.5 Å². The Bertz CT molecular complexity index is 446. The third-order valence-corrected chi connectivity index (χ3v) is 4.42. The zero-order valence-electron chi connectivity index (χ0n) is 8.56. The third-order valence-electron chi connectivity index (χ3n) is 2.51. The highest BCUT2D eigenvalue weighted by Crippen LogP contribution is 2.16. The molecule has 0 unspecified atom stereocenters.